The minimum atomic E-state index is -4.35. The van der Waals surface area contributed by atoms with E-state index in [-0.39, 0.29) is 36.7 Å². The van der Waals surface area contributed by atoms with Crippen molar-refractivity contribution in [3.8, 4) is 0 Å². The Morgan fingerprint density at radius 3 is 2.02 bits per heavy atom. The number of hydrogen-bond acceptors (Lipinski definition) is 9. The van der Waals surface area contributed by atoms with Crippen molar-refractivity contribution >= 4 is 61.1 Å². The van der Waals surface area contributed by atoms with E-state index in [4.69, 9.17) is 4.74 Å². The number of benzene rings is 4. The fraction of sp³-hybridized carbons (Fsp3) is 0.327. The maximum atomic E-state index is 14.6. The maximum absolute atomic E-state index is 14.6. The van der Waals surface area contributed by atoms with Gasteiger partial charge in [-0.15, -0.1) is 0 Å². The molecule has 64 heavy (non-hydrogen) atoms. The highest BCUT2D eigenvalue weighted by molar-refractivity contribution is 7.89. The second-order valence-electron chi connectivity index (χ2n) is 16.9. The fourth-order valence-corrected chi connectivity index (χ4v) is 9.07. The SMILES string of the molecule is CC(C)C[C@H](NC(=O)[C@@H](NC(=O)[C@H](Cc1c[nH]c2ccccc12)NC(=O)[C@H](Cc1ccccc1)NS(=O)(=O)c1cccc2c(N(C)C)cccc12)C(C)C)C(=O)OCc1ccncc1. The number of para-hydroxylation sites is 1. The van der Waals surface area contributed by atoms with Crippen molar-refractivity contribution in [1.29, 1.82) is 0 Å². The standard InChI is InChI=1S/C49H57N7O7S/c1-31(2)26-42(49(60)63-30-34-22-24-50-25-23-34)53-48(59)45(32(3)4)54-46(57)40(28-35-29-51-39-19-11-10-16-36(35)39)52-47(58)41(27-33-14-8-7-9-15-33)55-64(61,62)44-21-13-17-37-38(44)18-12-20-43(37)56(5)6/h7-25,29,31-32,40-42,45,51,55H,26-28,30H2,1-6H3,(H,52,58)(H,53,59)(H,54,57)/t40-,41-,42-,45-/m0/s1. The van der Waals surface area contributed by atoms with E-state index in [9.17, 15) is 27.6 Å². The Kier molecular flexibility index (Phi) is 15.5. The van der Waals surface area contributed by atoms with Gasteiger partial charge in [-0.25, -0.2) is 13.2 Å². The predicted molar refractivity (Wildman–Crippen MR) is 249 cm³/mol. The Morgan fingerprint density at radius 1 is 0.672 bits per heavy atom. The molecule has 0 aliphatic rings. The summed E-state index contributed by atoms with van der Waals surface area (Å²) in [6.07, 6.45) is 5.18. The summed E-state index contributed by atoms with van der Waals surface area (Å²) in [7, 11) is -0.597. The molecule has 0 saturated carbocycles. The average molecular weight is 888 g/mol. The third-order valence-electron chi connectivity index (χ3n) is 10.9. The molecule has 15 heteroatoms. The zero-order valence-corrected chi connectivity index (χ0v) is 37.8. The lowest BCUT2D eigenvalue weighted by Gasteiger charge is -2.28. The molecule has 0 radical (unpaired) electrons. The van der Waals surface area contributed by atoms with Crippen molar-refractivity contribution in [2.75, 3.05) is 19.0 Å². The lowest BCUT2D eigenvalue weighted by atomic mass is 9.98. The number of ether oxygens (including phenoxy) is 1. The second kappa shape index (κ2) is 21.2. The van der Waals surface area contributed by atoms with Crippen LogP contribution in [0.15, 0.2) is 127 Å². The molecule has 0 unspecified atom stereocenters. The van der Waals surface area contributed by atoms with Gasteiger partial charge in [0.15, 0.2) is 0 Å². The van der Waals surface area contributed by atoms with Gasteiger partial charge in [-0.1, -0.05) is 100 Å². The van der Waals surface area contributed by atoms with Crippen LogP contribution in [0.1, 0.15) is 50.8 Å². The van der Waals surface area contributed by atoms with E-state index in [0.717, 1.165) is 27.5 Å². The van der Waals surface area contributed by atoms with Crippen molar-refractivity contribution < 1.29 is 32.3 Å². The number of fused-ring (bicyclic) bond motifs is 2. The molecule has 6 rings (SSSR count). The maximum Gasteiger partial charge on any atom is 0.328 e. The van der Waals surface area contributed by atoms with Gasteiger partial charge in [0.2, 0.25) is 27.7 Å². The normalized spacial score (nSPS) is 13.6. The van der Waals surface area contributed by atoms with Gasteiger partial charge < -0.3 is 30.6 Å². The molecule has 0 bridgehead atoms. The lowest BCUT2D eigenvalue weighted by Crippen LogP contribution is -2.59. The van der Waals surface area contributed by atoms with E-state index >= 15 is 0 Å². The van der Waals surface area contributed by atoms with Crippen molar-refractivity contribution in [2.24, 2.45) is 11.8 Å². The molecule has 0 spiro atoms. The van der Waals surface area contributed by atoms with Crippen LogP contribution in [0, 0.1) is 11.8 Å². The Morgan fingerprint density at radius 2 is 1.31 bits per heavy atom. The molecule has 0 aliphatic heterocycles. The highest BCUT2D eigenvalue weighted by atomic mass is 32.2. The van der Waals surface area contributed by atoms with Crippen LogP contribution < -0.4 is 25.6 Å². The average Bonchev–Trinajstić information content (AvgIpc) is 3.68. The van der Waals surface area contributed by atoms with Crippen molar-refractivity contribution in [2.45, 2.75) is 82.6 Å². The topological polar surface area (TPSA) is 192 Å². The summed E-state index contributed by atoms with van der Waals surface area (Å²) in [4.78, 5) is 65.8. The van der Waals surface area contributed by atoms with Crippen LogP contribution in [-0.4, -0.2) is 80.3 Å². The van der Waals surface area contributed by atoms with Crippen LogP contribution >= 0.6 is 0 Å². The Bertz CT molecular complexity index is 2670. The molecule has 6 aromatic rings. The number of nitrogens with zero attached hydrogens (tertiary/aromatic N) is 2. The van der Waals surface area contributed by atoms with Crippen molar-refractivity contribution in [1.82, 2.24) is 30.6 Å². The largest absolute Gasteiger partial charge is 0.459 e. The fourth-order valence-electron chi connectivity index (χ4n) is 7.65. The van der Waals surface area contributed by atoms with Crippen LogP contribution in [0.3, 0.4) is 0 Å². The number of pyridine rings is 1. The van der Waals surface area contributed by atoms with Gasteiger partial charge in [-0.2, -0.15) is 4.72 Å². The van der Waals surface area contributed by atoms with Crippen LogP contribution in [0.25, 0.3) is 21.7 Å². The van der Waals surface area contributed by atoms with Gasteiger partial charge in [0.1, 0.15) is 30.8 Å². The molecule has 4 aromatic carbocycles. The number of esters is 1. The summed E-state index contributed by atoms with van der Waals surface area (Å²) < 4.78 is 37.1. The van der Waals surface area contributed by atoms with E-state index in [1.807, 2.05) is 75.3 Å². The van der Waals surface area contributed by atoms with E-state index < -0.39 is 63.8 Å². The van der Waals surface area contributed by atoms with Gasteiger partial charge >= 0.3 is 5.97 Å². The van der Waals surface area contributed by atoms with Crippen LogP contribution in [0.4, 0.5) is 5.69 Å². The van der Waals surface area contributed by atoms with E-state index in [0.29, 0.717) is 16.5 Å². The summed E-state index contributed by atoms with van der Waals surface area (Å²) >= 11 is 0. The van der Waals surface area contributed by atoms with Crippen LogP contribution in [-0.2, 0) is 53.4 Å². The minimum Gasteiger partial charge on any atom is -0.459 e. The smallest absolute Gasteiger partial charge is 0.328 e. The highest BCUT2D eigenvalue weighted by Gasteiger charge is 2.35. The quantitative estimate of drug-likeness (QED) is 0.0589. The van der Waals surface area contributed by atoms with Gasteiger partial charge in [0, 0.05) is 66.5 Å². The number of rotatable bonds is 20. The molecule has 0 aliphatic carbocycles. The summed E-state index contributed by atoms with van der Waals surface area (Å²) in [5.41, 5.74) is 3.77. The minimum absolute atomic E-state index is 0.00421. The van der Waals surface area contributed by atoms with Gasteiger partial charge in [0.25, 0.3) is 0 Å². The molecular formula is C49H57N7O7S. The van der Waals surface area contributed by atoms with Crippen LogP contribution in [0.2, 0.25) is 0 Å². The monoisotopic (exact) mass is 887 g/mol. The molecular weight excluding hydrogens is 831 g/mol. The lowest BCUT2D eigenvalue weighted by molar-refractivity contribution is -0.150. The van der Waals surface area contributed by atoms with E-state index in [1.54, 1.807) is 87.0 Å². The van der Waals surface area contributed by atoms with E-state index in [1.165, 1.54) is 6.07 Å². The second-order valence-corrected chi connectivity index (χ2v) is 18.6. The summed E-state index contributed by atoms with van der Waals surface area (Å²) in [5.74, 6) is -3.09. The number of nitrogens with one attached hydrogen (secondary N) is 5. The number of carbonyl (C=O) groups excluding carboxylic acids is 4. The molecule has 5 N–H and O–H groups in total. The molecule has 0 saturated heterocycles. The number of amides is 3. The highest BCUT2D eigenvalue weighted by Crippen LogP contribution is 2.30. The summed E-state index contributed by atoms with van der Waals surface area (Å²) in [6, 6.07) is 25.6. The number of carbonyl (C=O) groups is 4. The van der Waals surface area contributed by atoms with E-state index in [2.05, 4.69) is 30.6 Å². The summed E-state index contributed by atoms with van der Waals surface area (Å²) in [5, 5.41) is 10.6. The number of sulfonamides is 1. The van der Waals surface area contributed by atoms with Gasteiger partial charge in [0.05, 0.1) is 4.90 Å². The van der Waals surface area contributed by atoms with Gasteiger partial charge in [-0.05, 0) is 71.7 Å². The molecule has 0 fully saturated rings. The third kappa shape index (κ3) is 11.9. The molecule has 3 amide bonds. The van der Waals surface area contributed by atoms with Crippen LogP contribution in [0.5, 0.6) is 0 Å². The molecule has 336 valence electrons. The Balaban J connectivity index is 1.29. The number of H-pyrrole nitrogens is 1. The zero-order valence-electron chi connectivity index (χ0n) is 37.0. The number of aromatic nitrogens is 2. The van der Waals surface area contributed by atoms with Crippen molar-refractivity contribution in [3.63, 3.8) is 0 Å². The first-order chi connectivity index (χ1) is 30.6. The number of anilines is 1. The van der Waals surface area contributed by atoms with Crippen molar-refractivity contribution in [3.05, 3.63) is 138 Å². The number of aromatic amines is 1. The number of hydrogen-bond donors (Lipinski definition) is 5. The molecule has 2 heterocycles. The Labute approximate surface area is 374 Å². The van der Waals surface area contributed by atoms with Gasteiger partial charge in [-0.3, -0.25) is 19.4 Å². The molecule has 2 aromatic heterocycles. The molecule has 4 atom stereocenters. The predicted octanol–water partition coefficient (Wildman–Crippen LogP) is 5.81. The Hall–Kier alpha value is -6.58. The summed E-state index contributed by atoms with van der Waals surface area (Å²) in [6.45, 7) is 7.35. The first kappa shape index (κ1) is 46.9. The first-order valence-corrected chi connectivity index (χ1v) is 22.9. The zero-order chi connectivity index (χ0) is 46.0. The third-order valence-corrected chi connectivity index (χ3v) is 12.5. The molecule has 14 nitrogen and oxygen atoms in total. The first-order valence-electron chi connectivity index (χ1n) is 21.4.